The molecule has 4 heteroatoms. The molecule has 0 bridgehead atoms. The average molecular weight is 238 g/mol. The predicted molar refractivity (Wildman–Crippen MR) is 67.4 cm³/mol. The number of anilines is 1. The normalized spacial score (nSPS) is 12.3. The summed E-state index contributed by atoms with van der Waals surface area (Å²) in [5.74, 6) is -0.374. The zero-order chi connectivity index (χ0) is 13.0. The maximum atomic E-state index is 13.1. The first-order valence-electron chi connectivity index (χ1n) is 5.71. The van der Waals surface area contributed by atoms with Gasteiger partial charge in [0.25, 0.3) is 0 Å². The van der Waals surface area contributed by atoms with Gasteiger partial charge in [-0.3, -0.25) is 4.79 Å². The van der Waals surface area contributed by atoms with E-state index in [4.69, 9.17) is 5.73 Å². The number of halogens is 1. The van der Waals surface area contributed by atoms with Crippen molar-refractivity contribution >= 4 is 11.6 Å². The first-order chi connectivity index (χ1) is 7.97. The van der Waals surface area contributed by atoms with Gasteiger partial charge in [0.05, 0.1) is 0 Å². The smallest absolute Gasteiger partial charge is 0.229 e. The van der Waals surface area contributed by atoms with Crippen molar-refractivity contribution in [3.05, 3.63) is 29.6 Å². The average Bonchev–Trinajstić information content (AvgIpc) is 2.31. The van der Waals surface area contributed by atoms with E-state index in [1.165, 1.54) is 6.07 Å². The number of nitrogens with two attached hydrogens (primary N) is 1. The third kappa shape index (κ3) is 3.27. The molecule has 0 aliphatic rings. The molecule has 0 heterocycles. The number of benzene rings is 1. The molecular formula is C13H19FN2O. The first-order valence-corrected chi connectivity index (χ1v) is 5.71. The van der Waals surface area contributed by atoms with Crippen LogP contribution in [0.5, 0.6) is 0 Å². The lowest BCUT2D eigenvalue weighted by Crippen LogP contribution is -2.32. The van der Waals surface area contributed by atoms with Crippen molar-refractivity contribution in [2.24, 2.45) is 11.7 Å². The minimum absolute atomic E-state index is 0.00135. The highest BCUT2D eigenvalue weighted by Crippen LogP contribution is 2.19. The Morgan fingerprint density at radius 3 is 2.71 bits per heavy atom. The first kappa shape index (κ1) is 13.6. The third-order valence-electron chi connectivity index (χ3n) is 2.88. The molecule has 1 aromatic rings. The van der Waals surface area contributed by atoms with Gasteiger partial charge in [-0.2, -0.15) is 0 Å². The molecule has 0 aliphatic heterocycles. The Labute approximate surface area is 101 Å². The van der Waals surface area contributed by atoms with Gasteiger partial charge in [0, 0.05) is 18.7 Å². The van der Waals surface area contributed by atoms with E-state index in [1.54, 1.807) is 31.0 Å². The standard InChI is InChI=1S/C13H19FN2O/c1-9(6-7-15)13(17)16(3)11-4-5-12(14)10(2)8-11/h4-5,8-9H,6-7,15H2,1-3H3. The van der Waals surface area contributed by atoms with Crippen molar-refractivity contribution in [1.82, 2.24) is 0 Å². The molecule has 1 unspecified atom stereocenters. The van der Waals surface area contributed by atoms with Crippen LogP contribution < -0.4 is 10.6 Å². The van der Waals surface area contributed by atoms with Crippen LogP contribution >= 0.6 is 0 Å². The Hall–Kier alpha value is -1.42. The Balaban J connectivity index is 2.85. The summed E-state index contributed by atoms with van der Waals surface area (Å²) in [6.07, 6.45) is 0.656. The number of amides is 1. The molecule has 0 aliphatic carbocycles. The third-order valence-corrected chi connectivity index (χ3v) is 2.88. The van der Waals surface area contributed by atoms with Gasteiger partial charge in [-0.05, 0) is 43.7 Å². The van der Waals surface area contributed by atoms with E-state index < -0.39 is 0 Å². The number of aryl methyl sites for hydroxylation is 1. The Bertz CT molecular complexity index is 406. The zero-order valence-corrected chi connectivity index (χ0v) is 10.5. The van der Waals surface area contributed by atoms with Gasteiger partial charge < -0.3 is 10.6 Å². The maximum Gasteiger partial charge on any atom is 0.229 e. The van der Waals surface area contributed by atoms with Gasteiger partial charge in [0.2, 0.25) is 5.91 Å². The number of nitrogens with zero attached hydrogens (tertiary/aromatic N) is 1. The number of carbonyl (C=O) groups is 1. The van der Waals surface area contributed by atoms with Crippen LogP contribution in [0.1, 0.15) is 18.9 Å². The van der Waals surface area contributed by atoms with Crippen LogP contribution in [0.25, 0.3) is 0 Å². The van der Waals surface area contributed by atoms with Crippen LogP contribution in [0.2, 0.25) is 0 Å². The van der Waals surface area contributed by atoms with Gasteiger partial charge in [0.15, 0.2) is 0 Å². The second kappa shape index (κ2) is 5.77. The molecule has 94 valence electrons. The SMILES string of the molecule is Cc1cc(N(C)C(=O)C(C)CCN)ccc1F. The highest BCUT2D eigenvalue weighted by atomic mass is 19.1. The summed E-state index contributed by atoms with van der Waals surface area (Å²) in [5, 5.41) is 0. The molecule has 0 radical (unpaired) electrons. The Morgan fingerprint density at radius 2 is 2.18 bits per heavy atom. The topological polar surface area (TPSA) is 46.3 Å². The lowest BCUT2D eigenvalue weighted by atomic mass is 10.1. The fraction of sp³-hybridized carbons (Fsp3) is 0.462. The molecule has 1 amide bonds. The lowest BCUT2D eigenvalue weighted by molar-refractivity contribution is -0.121. The van der Waals surface area contributed by atoms with Gasteiger partial charge in [-0.25, -0.2) is 4.39 Å². The van der Waals surface area contributed by atoms with Crippen LogP contribution in [0.4, 0.5) is 10.1 Å². The summed E-state index contributed by atoms with van der Waals surface area (Å²) in [7, 11) is 1.70. The second-order valence-corrected chi connectivity index (χ2v) is 4.31. The summed E-state index contributed by atoms with van der Waals surface area (Å²) in [6.45, 7) is 4.02. The van der Waals surface area contributed by atoms with Crippen molar-refractivity contribution in [2.45, 2.75) is 20.3 Å². The fourth-order valence-corrected chi connectivity index (χ4v) is 1.67. The summed E-state index contributed by atoms with van der Waals surface area (Å²) in [5.41, 5.74) is 6.67. The van der Waals surface area contributed by atoms with E-state index >= 15 is 0 Å². The number of carbonyl (C=O) groups excluding carboxylic acids is 1. The number of hydrogen-bond donors (Lipinski definition) is 1. The predicted octanol–water partition coefficient (Wildman–Crippen LogP) is 2.08. The quantitative estimate of drug-likeness (QED) is 0.873. The molecule has 0 spiro atoms. The van der Waals surface area contributed by atoms with Crippen LogP contribution in [-0.2, 0) is 4.79 Å². The number of rotatable bonds is 4. The molecule has 1 rings (SSSR count). The van der Waals surface area contributed by atoms with E-state index in [0.717, 1.165) is 0 Å². The van der Waals surface area contributed by atoms with Crippen LogP contribution in [0, 0.1) is 18.7 Å². The molecule has 2 N–H and O–H groups in total. The molecule has 0 aromatic heterocycles. The van der Waals surface area contributed by atoms with Crippen LogP contribution in [0.3, 0.4) is 0 Å². The summed E-state index contributed by atoms with van der Waals surface area (Å²) >= 11 is 0. The molecule has 1 aromatic carbocycles. The minimum Gasteiger partial charge on any atom is -0.330 e. The van der Waals surface area contributed by atoms with E-state index in [1.807, 2.05) is 6.92 Å². The van der Waals surface area contributed by atoms with Crippen molar-refractivity contribution in [2.75, 3.05) is 18.5 Å². The van der Waals surface area contributed by atoms with E-state index in [0.29, 0.717) is 24.2 Å². The highest BCUT2D eigenvalue weighted by molar-refractivity contribution is 5.94. The molecule has 0 saturated carbocycles. The molecule has 3 nitrogen and oxygen atoms in total. The lowest BCUT2D eigenvalue weighted by Gasteiger charge is -2.21. The van der Waals surface area contributed by atoms with E-state index in [2.05, 4.69) is 0 Å². The summed E-state index contributed by atoms with van der Waals surface area (Å²) in [6, 6.07) is 4.65. The van der Waals surface area contributed by atoms with Crippen molar-refractivity contribution in [3.63, 3.8) is 0 Å². The van der Waals surface area contributed by atoms with Crippen LogP contribution in [0.15, 0.2) is 18.2 Å². The number of hydrogen-bond acceptors (Lipinski definition) is 2. The summed E-state index contributed by atoms with van der Waals surface area (Å²) in [4.78, 5) is 13.6. The molecule has 17 heavy (non-hydrogen) atoms. The van der Waals surface area contributed by atoms with Gasteiger partial charge in [0.1, 0.15) is 5.82 Å². The van der Waals surface area contributed by atoms with E-state index in [9.17, 15) is 9.18 Å². The van der Waals surface area contributed by atoms with Crippen molar-refractivity contribution < 1.29 is 9.18 Å². The Morgan fingerprint density at radius 1 is 1.53 bits per heavy atom. The summed E-state index contributed by atoms with van der Waals surface area (Å²) < 4.78 is 13.1. The van der Waals surface area contributed by atoms with E-state index in [-0.39, 0.29) is 17.6 Å². The van der Waals surface area contributed by atoms with Gasteiger partial charge >= 0.3 is 0 Å². The maximum absolute atomic E-state index is 13.1. The minimum atomic E-state index is -0.260. The molecule has 1 atom stereocenters. The second-order valence-electron chi connectivity index (χ2n) is 4.31. The Kier molecular flexibility index (Phi) is 4.63. The zero-order valence-electron chi connectivity index (χ0n) is 10.5. The molecular weight excluding hydrogens is 219 g/mol. The molecule has 0 saturated heterocycles. The highest BCUT2D eigenvalue weighted by Gasteiger charge is 2.18. The fourth-order valence-electron chi connectivity index (χ4n) is 1.67. The van der Waals surface area contributed by atoms with Gasteiger partial charge in [-0.15, -0.1) is 0 Å². The van der Waals surface area contributed by atoms with Gasteiger partial charge in [-0.1, -0.05) is 6.92 Å². The largest absolute Gasteiger partial charge is 0.330 e. The molecule has 0 fully saturated rings. The van der Waals surface area contributed by atoms with Crippen LogP contribution in [-0.4, -0.2) is 19.5 Å². The van der Waals surface area contributed by atoms with Crippen molar-refractivity contribution in [1.29, 1.82) is 0 Å². The monoisotopic (exact) mass is 238 g/mol. The van der Waals surface area contributed by atoms with Crippen molar-refractivity contribution in [3.8, 4) is 0 Å².